The minimum Gasteiger partial charge on any atom is -0.373 e. The summed E-state index contributed by atoms with van der Waals surface area (Å²) < 4.78 is 10.9. The molecular weight excluding hydrogens is 236 g/mol. The summed E-state index contributed by atoms with van der Waals surface area (Å²) in [6.45, 7) is 2.12. The van der Waals surface area contributed by atoms with Crippen LogP contribution < -0.4 is 0 Å². The number of rotatable bonds is 4. The lowest BCUT2D eigenvalue weighted by molar-refractivity contribution is 0.165. The molecule has 4 aliphatic rings. The molecule has 0 amide bonds. The van der Waals surface area contributed by atoms with E-state index in [2.05, 4.69) is 0 Å². The van der Waals surface area contributed by atoms with Gasteiger partial charge >= 0.3 is 0 Å². The number of hydrogen-bond donors (Lipinski definition) is 0. The first kappa shape index (κ1) is 12.6. The maximum absolute atomic E-state index is 5.46. The highest BCUT2D eigenvalue weighted by Crippen LogP contribution is 2.42. The van der Waals surface area contributed by atoms with Gasteiger partial charge in [-0.05, 0) is 55.8 Å². The van der Waals surface area contributed by atoms with Crippen LogP contribution in [0.25, 0.3) is 0 Å². The van der Waals surface area contributed by atoms with Crippen LogP contribution in [0, 0.1) is 23.7 Å². The van der Waals surface area contributed by atoms with Gasteiger partial charge in [-0.3, -0.25) is 0 Å². The van der Waals surface area contributed by atoms with Gasteiger partial charge < -0.3 is 9.47 Å². The Bertz CT molecular complexity index is 262. The van der Waals surface area contributed by atoms with E-state index in [-0.39, 0.29) is 0 Å². The molecule has 4 fully saturated rings. The normalized spacial score (nSPS) is 49.9. The topological polar surface area (TPSA) is 25.1 Å². The van der Waals surface area contributed by atoms with E-state index in [1.165, 1.54) is 57.8 Å². The van der Waals surface area contributed by atoms with Gasteiger partial charge in [-0.1, -0.05) is 25.7 Å². The Morgan fingerprint density at radius 1 is 0.579 bits per heavy atom. The third kappa shape index (κ3) is 3.16. The quantitative estimate of drug-likeness (QED) is 0.722. The van der Waals surface area contributed by atoms with Crippen molar-refractivity contribution in [3.8, 4) is 0 Å². The molecule has 0 aromatic rings. The van der Waals surface area contributed by atoms with Crippen LogP contribution in [-0.2, 0) is 9.47 Å². The molecule has 0 bridgehead atoms. The minimum atomic E-state index is 0.662. The summed E-state index contributed by atoms with van der Waals surface area (Å²) in [5.74, 6) is 3.90. The average Bonchev–Trinajstić information content (AvgIpc) is 3.31. The molecule has 0 aromatic carbocycles. The molecule has 19 heavy (non-hydrogen) atoms. The van der Waals surface area contributed by atoms with E-state index in [1.807, 2.05) is 0 Å². The maximum atomic E-state index is 5.46. The number of epoxide rings is 2. The summed E-state index contributed by atoms with van der Waals surface area (Å²) in [5.41, 5.74) is 0. The van der Waals surface area contributed by atoms with Gasteiger partial charge in [-0.15, -0.1) is 0 Å². The summed E-state index contributed by atoms with van der Waals surface area (Å²) in [5, 5.41) is 0. The third-order valence-electron chi connectivity index (χ3n) is 6.22. The van der Waals surface area contributed by atoms with Crippen molar-refractivity contribution < 1.29 is 9.47 Å². The molecule has 2 unspecified atom stereocenters. The van der Waals surface area contributed by atoms with Gasteiger partial charge in [0.25, 0.3) is 0 Å². The van der Waals surface area contributed by atoms with E-state index in [1.54, 1.807) is 0 Å². The molecule has 2 aliphatic heterocycles. The SMILES string of the molecule is C1CC(C2CO2)CCC1CC1CCC(C2CO2)CC1. The van der Waals surface area contributed by atoms with Crippen molar-refractivity contribution in [1.82, 2.24) is 0 Å². The van der Waals surface area contributed by atoms with Crippen LogP contribution in [0.1, 0.15) is 57.8 Å². The molecule has 2 saturated carbocycles. The Balaban J connectivity index is 1.18. The summed E-state index contributed by atoms with van der Waals surface area (Å²) in [7, 11) is 0. The first-order chi connectivity index (χ1) is 9.38. The van der Waals surface area contributed by atoms with Gasteiger partial charge in [-0.2, -0.15) is 0 Å². The van der Waals surface area contributed by atoms with Crippen LogP contribution in [0.2, 0.25) is 0 Å². The van der Waals surface area contributed by atoms with Crippen molar-refractivity contribution in [2.24, 2.45) is 23.7 Å². The molecular formula is C17H28O2. The molecule has 2 aliphatic carbocycles. The average molecular weight is 264 g/mol. The van der Waals surface area contributed by atoms with Crippen molar-refractivity contribution >= 4 is 0 Å². The zero-order valence-corrected chi connectivity index (χ0v) is 12.1. The smallest absolute Gasteiger partial charge is 0.0838 e. The van der Waals surface area contributed by atoms with Crippen molar-refractivity contribution in [3.05, 3.63) is 0 Å². The minimum absolute atomic E-state index is 0.662. The first-order valence-corrected chi connectivity index (χ1v) is 8.61. The van der Waals surface area contributed by atoms with E-state index in [9.17, 15) is 0 Å². The molecule has 0 N–H and O–H groups in total. The van der Waals surface area contributed by atoms with Gasteiger partial charge in [0, 0.05) is 0 Å². The van der Waals surface area contributed by atoms with Gasteiger partial charge in [0.1, 0.15) is 0 Å². The van der Waals surface area contributed by atoms with Crippen LogP contribution in [0.5, 0.6) is 0 Å². The fraction of sp³-hybridized carbons (Fsp3) is 1.00. The highest BCUT2D eigenvalue weighted by molar-refractivity contribution is 4.87. The standard InChI is InChI=1S/C17H28O2/c1-5-14(16-10-18-16)6-2-12(1)9-13-3-7-15(8-4-13)17-11-19-17/h12-17H,1-11H2. The van der Waals surface area contributed by atoms with Crippen LogP contribution in [0.15, 0.2) is 0 Å². The molecule has 2 nitrogen and oxygen atoms in total. The van der Waals surface area contributed by atoms with Crippen LogP contribution in [-0.4, -0.2) is 25.4 Å². The van der Waals surface area contributed by atoms with Crippen molar-refractivity contribution in [3.63, 3.8) is 0 Å². The summed E-state index contributed by atoms with van der Waals surface area (Å²) in [6.07, 6.45) is 14.6. The third-order valence-corrected chi connectivity index (χ3v) is 6.22. The molecule has 108 valence electrons. The zero-order valence-electron chi connectivity index (χ0n) is 12.1. The van der Waals surface area contributed by atoms with E-state index in [0.29, 0.717) is 12.2 Å². The van der Waals surface area contributed by atoms with Crippen molar-refractivity contribution in [2.45, 2.75) is 70.0 Å². The van der Waals surface area contributed by atoms with Gasteiger partial charge in [0.05, 0.1) is 25.4 Å². The van der Waals surface area contributed by atoms with Crippen LogP contribution >= 0.6 is 0 Å². The molecule has 2 saturated heterocycles. The van der Waals surface area contributed by atoms with Crippen LogP contribution in [0.4, 0.5) is 0 Å². The van der Waals surface area contributed by atoms with Gasteiger partial charge in [0.15, 0.2) is 0 Å². The predicted molar refractivity (Wildman–Crippen MR) is 75.0 cm³/mol. The summed E-state index contributed by atoms with van der Waals surface area (Å²) >= 11 is 0. The molecule has 0 spiro atoms. The Hall–Kier alpha value is -0.0800. The molecule has 2 atom stereocenters. The van der Waals surface area contributed by atoms with E-state index in [4.69, 9.17) is 9.47 Å². The van der Waals surface area contributed by atoms with Gasteiger partial charge in [-0.25, -0.2) is 0 Å². The van der Waals surface area contributed by atoms with Crippen molar-refractivity contribution in [1.29, 1.82) is 0 Å². The highest BCUT2D eigenvalue weighted by Gasteiger charge is 2.38. The maximum Gasteiger partial charge on any atom is 0.0838 e. The zero-order chi connectivity index (χ0) is 12.7. The molecule has 2 heterocycles. The largest absolute Gasteiger partial charge is 0.373 e. The second-order valence-corrected chi connectivity index (χ2v) is 7.54. The fourth-order valence-corrected chi connectivity index (χ4v) is 4.72. The summed E-state index contributed by atoms with van der Waals surface area (Å²) in [4.78, 5) is 0. The number of hydrogen-bond acceptors (Lipinski definition) is 2. The lowest BCUT2D eigenvalue weighted by atomic mass is 9.72. The molecule has 0 radical (unpaired) electrons. The Labute approximate surface area is 117 Å². The Kier molecular flexibility index (Phi) is 3.57. The first-order valence-electron chi connectivity index (χ1n) is 8.61. The van der Waals surface area contributed by atoms with E-state index in [0.717, 1.165) is 36.9 Å². The Morgan fingerprint density at radius 2 is 0.947 bits per heavy atom. The monoisotopic (exact) mass is 264 g/mol. The fourth-order valence-electron chi connectivity index (χ4n) is 4.72. The molecule has 4 rings (SSSR count). The van der Waals surface area contributed by atoms with Crippen molar-refractivity contribution in [2.75, 3.05) is 13.2 Å². The molecule has 2 heteroatoms. The number of ether oxygens (including phenoxy) is 2. The molecule has 0 aromatic heterocycles. The Morgan fingerprint density at radius 3 is 1.26 bits per heavy atom. The summed E-state index contributed by atoms with van der Waals surface area (Å²) in [6, 6.07) is 0. The van der Waals surface area contributed by atoms with E-state index < -0.39 is 0 Å². The lowest BCUT2D eigenvalue weighted by Crippen LogP contribution is -2.23. The van der Waals surface area contributed by atoms with E-state index >= 15 is 0 Å². The lowest BCUT2D eigenvalue weighted by Gasteiger charge is -2.33. The highest BCUT2D eigenvalue weighted by atomic mass is 16.6. The van der Waals surface area contributed by atoms with Gasteiger partial charge in [0.2, 0.25) is 0 Å². The second-order valence-electron chi connectivity index (χ2n) is 7.54. The second kappa shape index (κ2) is 5.37. The van der Waals surface area contributed by atoms with Crippen LogP contribution in [0.3, 0.4) is 0 Å². The predicted octanol–water partition coefficient (Wildman–Crippen LogP) is 3.79.